The molecule has 18 heavy (non-hydrogen) atoms. The van der Waals surface area contributed by atoms with Crippen molar-refractivity contribution in [2.75, 3.05) is 31.2 Å². The van der Waals surface area contributed by atoms with E-state index in [0.29, 0.717) is 0 Å². The second-order valence-electron chi connectivity index (χ2n) is 4.52. The highest BCUT2D eigenvalue weighted by atomic mass is 16.5. The van der Waals surface area contributed by atoms with Crippen molar-refractivity contribution < 1.29 is 4.74 Å². The average Bonchev–Trinajstić information content (AvgIpc) is 2.49. The van der Waals surface area contributed by atoms with E-state index in [-0.39, 0.29) is 0 Å². The van der Waals surface area contributed by atoms with Gasteiger partial charge in [0, 0.05) is 18.8 Å². The van der Waals surface area contributed by atoms with Gasteiger partial charge in [0.2, 0.25) is 0 Å². The van der Waals surface area contributed by atoms with Crippen molar-refractivity contribution in [3.05, 3.63) is 54.6 Å². The molecule has 1 heterocycles. The Morgan fingerprint density at radius 1 is 0.778 bits per heavy atom. The Bertz CT molecular complexity index is 504. The van der Waals surface area contributed by atoms with Gasteiger partial charge in [-0.05, 0) is 23.3 Å². The lowest BCUT2D eigenvalue weighted by Gasteiger charge is -2.29. The first-order valence-corrected chi connectivity index (χ1v) is 6.42. The molecule has 0 bridgehead atoms. The van der Waals surface area contributed by atoms with Crippen LogP contribution in [0.4, 0.5) is 5.69 Å². The Hall–Kier alpha value is -1.80. The molecule has 1 aliphatic rings. The SMILES string of the molecule is c1ccc(-c2cccc(N3CCOCC3)c2)cc1. The molecule has 3 rings (SSSR count). The van der Waals surface area contributed by atoms with Crippen LogP contribution in [-0.2, 0) is 4.74 Å². The van der Waals surface area contributed by atoms with Gasteiger partial charge in [0.15, 0.2) is 0 Å². The fraction of sp³-hybridized carbons (Fsp3) is 0.250. The largest absolute Gasteiger partial charge is 0.378 e. The zero-order valence-corrected chi connectivity index (χ0v) is 10.4. The normalized spacial score (nSPS) is 15.7. The Labute approximate surface area is 108 Å². The van der Waals surface area contributed by atoms with Gasteiger partial charge in [-0.3, -0.25) is 0 Å². The molecule has 2 aromatic rings. The fourth-order valence-electron chi connectivity index (χ4n) is 2.33. The van der Waals surface area contributed by atoms with Crippen molar-refractivity contribution in [3.63, 3.8) is 0 Å². The number of ether oxygens (including phenoxy) is 1. The molecule has 0 saturated carbocycles. The Kier molecular flexibility index (Phi) is 3.29. The van der Waals surface area contributed by atoms with Gasteiger partial charge in [-0.1, -0.05) is 42.5 Å². The molecule has 0 N–H and O–H groups in total. The molecule has 0 spiro atoms. The van der Waals surface area contributed by atoms with E-state index in [0.717, 1.165) is 26.3 Å². The van der Waals surface area contributed by atoms with Gasteiger partial charge in [0.1, 0.15) is 0 Å². The van der Waals surface area contributed by atoms with Crippen LogP contribution in [0.2, 0.25) is 0 Å². The van der Waals surface area contributed by atoms with Crippen LogP contribution in [0.25, 0.3) is 11.1 Å². The van der Waals surface area contributed by atoms with Crippen molar-refractivity contribution >= 4 is 5.69 Å². The first-order chi connectivity index (χ1) is 8.93. The highest BCUT2D eigenvalue weighted by Gasteiger charge is 2.11. The number of nitrogens with zero attached hydrogens (tertiary/aromatic N) is 1. The van der Waals surface area contributed by atoms with Crippen LogP contribution < -0.4 is 4.90 Å². The van der Waals surface area contributed by atoms with Crippen LogP contribution in [0.15, 0.2) is 54.6 Å². The summed E-state index contributed by atoms with van der Waals surface area (Å²) >= 11 is 0. The van der Waals surface area contributed by atoms with Crippen LogP contribution in [0.5, 0.6) is 0 Å². The van der Waals surface area contributed by atoms with Crippen molar-refractivity contribution in [1.82, 2.24) is 0 Å². The third-order valence-corrected chi connectivity index (χ3v) is 3.33. The summed E-state index contributed by atoms with van der Waals surface area (Å²) < 4.78 is 5.39. The first kappa shape index (κ1) is 11.3. The molecule has 1 saturated heterocycles. The van der Waals surface area contributed by atoms with Crippen molar-refractivity contribution in [2.45, 2.75) is 0 Å². The number of benzene rings is 2. The van der Waals surface area contributed by atoms with E-state index < -0.39 is 0 Å². The predicted molar refractivity (Wildman–Crippen MR) is 74.9 cm³/mol. The van der Waals surface area contributed by atoms with Crippen LogP contribution >= 0.6 is 0 Å². The highest BCUT2D eigenvalue weighted by Crippen LogP contribution is 2.24. The van der Waals surface area contributed by atoms with E-state index in [9.17, 15) is 0 Å². The lowest BCUT2D eigenvalue weighted by molar-refractivity contribution is 0.122. The van der Waals surface area contributed by atoms with Gasteiger partial charge in [-0.25, -0.2) is 0 Å². The van der Waals surface area contributed by atoms with E-state index in [2.05, 4.69) is 59.5 Å². The van der Waals surface area contributed by atoms with Crippen LogP contribution in [0.1, 0.15) is 0 Å². The molecule has 0 atom stereocenters. The topological polar surface area (TPSA) is 12.5 Å². The van der Waals surface area contributed by atoms with E-state index >= 15 is 0 Å². The lowest BCUT2D eigenvalue weighted by Crippen LogP contribution is -2.36. The summed E-state index contributed by atoms with van der Waals surface area (Å²) in [7, 11) is 0. The maximum atomic E-state index is 5.39. The smallest absolute Gasteiger partial charge is 0.0642 e. The van der Waals surface area contributed by atoms with Crippen LogP contribution in [0, 0.1) is 0 Å². The molecule has 92 valence electrons. The molecular formula is C16H17NO. The molecule has 2 heteroatoms. The maximum absolute atomic E-state index is 5.39. The van der Waals surface area contributed by atoms with Crippen molar-refractivity contribution in [3.8, 4) is 11.1 Å². The molecule has 0 aliphatic carbocycles. The maximum Gasteiger partial charge on any atom is 0.0642 e. The highest BCUT2D eigenvalue weighted by molar-refractivity contribution is 5.68. The Balaban J connectivity index is 1.89. The average molecular weight is 239 g/mol. The molecule has 0 radical (unpaired) electrons. The number of morpholine rings is 1. The van der Waals surface area contributed by atoms with Gasteiger partial charge in [0.25, 0.3) is 0 Å². The summed E-state index contributed by atoms with van der Waals surface area (Å²) in [5.41, 5.74) is 3.84. The van der Waals surface area contributed by atoms with E-state index in [4.69, 9.17) is 4.74 Å². The summed E-state index contributed by atoms with van der Waals surface area (Å²) in [6, 6.07) is 19.3. The van der Waals surface area contributed by atoms with Crippen molar-refractivity contribution in [1.29, 1.82) is 0 Å². The minimum atomic E-state index is 0.829. The number of rotatable bonds is 2. The molecule has 2 aromatic carbocycles. The van der Waals surface area contributed by atoms with E-state index in [1.165, 1.54) is 16.8 Å². The van der Waals surface area contributed by atoms with Gasteiger partial charge in [-0.15, -0.1) is 0 Å². The number of hydrogen-bond donors (Lipinski definition) is 0. The minimum absolute atomic E-state index is 0.829. The zero-order valence-electron chi connectivity index (χ0n) is 10.4. The predicted octanol–water partition coefficient (Wildman–Crippen LogP) is 3.19. The standard InChI is InChI=1S/C16H17NO/c1-2-5-14(6-3-1)15-7-4-8-16(13-15)17-9-11-18-12-10-17/h1-8,13H,9-12H2. The fourth-order valence-corrected chi connectivity index (χ4v) is 2.33. The number of hydrogen-bond acceptors (Lipinski definition) is 2. The third kappa shape index (κ3) is 2.39. The summed E-state index contributed by atoms with van der Waals surface area (Å²) in [5.74, 6) is 0. The molecule has 0 amide bonds. The summed E-state index contributed by atoms with van der Waals surface area (Å²) in [5, 5.41) is 0. The quantitative estimate of drug-likeness (QED) is 0.798. The monoisotopic (exact) mass is 239 g/mol. The Morgan fingerprint density at radius 3 is 2.28 bits per heavy atom. The summed E-state index contributed by atoms with van der Waals surface area (Å²) in [4.78, 5) is 2.38. The first-order valence-electron chi connectivity index (χ1n) is 6.42. The molecule has 0 unspecified atom stereocenters. The minimum Gasteiger partial charge on any atom is -0.378 e. The van der Waals surface area contributed by atoms with Gasteiger partial charge < -0.3 is 9.64 Å². The molecule has 1 fully saturated rings. The molecular weight excluding hydrogens is 222 g/mol. The lowest BCUT2D eigenvalue weighted by atomic mass is 10.0. The van der Waals surface area contributed by atoms with Crippen molar-refractivity contribution in [2.24, 2.45) is 0 Å². The second-order valence-corrected chi connectivity index (χ2v) is 4.52. The van der Waals surface area contributed by atoms with Crippen LogP contribution in [0.3, 0.4) is 0 Å². The van der Waals surface area contributed by atoms with Gasteiger partial charge >= 0.3 is 0 Å². The van der Waals surface area contributed by atoms with E-state index in [1.807, 2.05) is 0 Å². The molecule has 1 aliphatic heterocycles. The molecule has 0 aromatic heterocycles. The third-order valence-electron chi connectivity index (χ3n) is 3.33. The van der Waals surface area contributed by atoms with Gasteiger partial charge in [-0.2, -0.15) is 0 Å². The Morgan fingerprint density at radius 2 is 1.50 bits per heavy atom. The van der Waals surface area contributed by atoms with Gasteiger partial charge in [0.05, 0.1) is 13.2 Å². The number of anilines is 1. The zero-order chi connectivity index (χ0) is 12.2. The van der Waals surface area contributed by atoms with Crippen LogP contribution in [-0.4, -0.2) is 26.3 Å². The molecule has 2 nitrogen and oxygen atoms in total. The summed E-state index contributed by atoms with van der Waals surface area (Å²) in [6.07, 6.45) is 0. The second kappa shape index (κ2) is 5.23. The summed E-state index contributed by atoms with van der Waals surface area (Å²) in [6.45, 7) is 3.63. The van der Waals surface area contributed by atoms with E-state index in [1.54, 1.807) is 0 Å².